The molecule has 0 aliphatic heterocycles. The monoisotopic (exact) mass is 899 g/mol. The van der Waals surface area contributed by atoms with Crippen LogP contribution in [-0.2, 0) is 32.7 Å². The molecule has 0 spiro atoms. The van der Waals surface area contributed by atoms with E-state index in [1.165, 1.54) is 19.3 Å². The van der Waals surface area contributed by atoms with Crippen LogP contribution >= 0.6 is 7.82 Å². The summed E-state index contributed by atoms with van der Waals surface area (Å²) in [6.45, 7) is 2.92. The Morgan fingerprint density at radius 2 is 1.02 bits per heavy atom. The number of allylic oxidation sites excluding steroid dienone is 12. The molecule has 0 aromatic rings. The molecule has 1 fully saturated rings. The van der Waals surface area contributed by atoms with Crippen LogP contribution in [-0.4, -0.2) is 110 Å². The van der Waals surface area contributed by atoms with Gasteiger partial charge >= 0.3 is 19.8 Å². The highest BCUT2D eigenvalue weighted by atomic mass is 31.2. The van der Waals surface area contributed by atoms with Crippen LogP contribution in [0.3, 0.4) is 0 Å². The predicted molar refractivity (Wildman–Crippen MR) is 241 cm³/mol. The second-order valence-corrected chi connectivity index (χ2v) is 17.1. The number of carbonyl (C=O) groups excluding carboxylic acids is 2. The smallest absolute Gasteiger partial charge is 0.462 e. The lowest BCUT2D eigenvalue weighted by Gasteiger charge is -2.41. The first-order valence-electron chi connectivity index (χ1n) is 22.8. The van der Waals surface area contributed by atoms with E-state index in [0.29, 0.717) is 19.3 Å². The van der Waals surface area contributed by atoms with Crippen molar-refractivity contribution in [2.45, 2.75) is 198 Å². The van der Waals surface area contributed by atoms with Gasteiger partial charge in [0.2, 0.25) is 0 Å². The lowest BCUT2D eigenvalue weighted by Crippen LogP contribution is -2.64. The summed E-state index contributed by atoms with van der Waals surface area (Å²) in [4.78, 5) is 35.7. The number of hydrogen-bond acceptors (Lipinski definition) is 13. The molecule has 0 bridgehead atoms. The van der Waals surface area contributed by atoms with Gasteiger partial charge in [0.25, 0.3) is 0 Å². The van der Waals surface area contributed by atoms with Crippen LogP contribution in [0.1, 0.15) is 149 Å². The van der Waals surface area contributed by atoms with Crippen molar-refractivity contribution < 1.29 is 68.2 Å². The number of ether oxygens (including phenoxy) is 2. The Balaban J connectivity index is 2.53. The molecule has 0 aromatic carbocycles. The minimum Gasteiger partial charge on any atom is -0.462 e. The highest BCUT2D eigenvalue weighted by molar-refractivity contribution is 7.47. The van der Waals surface area contributed by atoms with Gasteiger partial charge in [0, 0.05) is 12.8 Å². The summed E-state index contributed by atoms with van der Waals surface area (Å²) in [5.41, 5.74) is 0. The Hall–Kier alpha value is -2.75. The summed E-state index contributed by atoms with van der Waals surface area (Å²) in [6, 6.07) is 0. The molecule has 356 valence electrons. The van der Waals surface area contributed by atoms with Gasteiger partial charge in [-0.25, -0.2) is 4.57 Å². The minimum absolute atomic E-state index is 0.000858. The zero-order valence-corrected chi connectivity index (χ0v) is 38.1. The molecule has 7 unspecified atom stereocenters. The average Bonchev–Trinajstić information content (AvgIpc) is 3.25. The third kappa shape index (κ3) is 28.8. The molecule has 62 heavy (non-hydrogen) atoms. The van der Waals surface area contributed by atoms with E-state index in [9.17, 15) is 49.7 Å². The number of hydrogen-bond donors (Lipinski definition) is 7. The van der Waals surface area contributed by atoms with Gasteiger partial charge in [0.05, 0.1) is 12.7 Å². The van der Waals surface area contributed by atoms with Crippen LogP contribution in [0.25, 0.3) is 0 Å². The van der Waals surface area contributed by atoms with Crippen molar-refractivity contribution in [1.29, 1.82) is 0 Å². The molecule has 0 aromatic heterocycles. The molecule has 0 saturated heterocycles. The topological polar surface area (TPSA) is 230 Å². The molecule has 1 rings (SSSR count). The van der Waals surface area contributed by atoms with E-state index in [-0.39, 0.29) is 18.9 Å². The molecule has 0 radical (unpaired) electrons. The highest BCUT2D eigenvalue weighted by Gasteiger charge is 2.51. The van der Waals surface area contributed by atoms with Crippen molar-refractivity contribution in [3.05, 3.63) is 72.9 Å². The third-order valence-electron chi connectivity index (χ3n) is 10.2. The number of esters is 2. The normalized spacial score (nSPS) is 23.0. The molecule has 1 saturated carbocycles. The maximum atomic E-state index is 12.8. The van der Waals surface area contributed by atoms with Gasteiger partial charge < -0.3 is 45.0 Å². The lowest BCUT2D eigenvalue weighted by molar-refractivity contribution is -0.220. The van der Waals surface area contributed by atoms with Gasteiger partial charge in [-0.2, -0.15) is 0 Å². The molecular formula is C47H79O14P. The Bertz CT molecular complexity index is 1380. The molecule has 15 heteroatoms. The lowest BCUT2D eigenvalue weighted by atomic mass is 9.85. The van der Waals surface area contributed by atoms with Crippen molar-refractivity contribution in [3.8, 4) is 0 Å². The van der Waals surface area contributed by atoms with Crippen LogP contribution < -0.4 is 0 Å². The largest absolute Gasteiger partial charge is 0.472 e. The number of aliphatic hydroxyl groups excluding tert-OH is 6. The van der Waals surface area contributed by atoms with Crippen LogP contribution in [0.4, 0.5) is 0 Å². The SMILES string of the molecule is CCCCCC=CCC=CCCCCCCCC(=O)OCC(COP(=O)(O)OC1C(O)C(O)C(O)C(O)C1O)OC(=O)CCCC=CCC=CCC=CCC=CCCC(O)CC. The molecule has 0 heterocycles. The fourth-order valence-corrected chi connectivity index (χ4v) is 7.26. The third-order valence-corrected chi connectivity index (χ3v) is 11.2. The summed E-state index contributed by atoms with van der Waals surface area (Å²) in [5.74, 6) is -1.21. The fraction of sp³-hybridized carbons (Fsp3) is 0.702. The standard InChI is InChI=1S/C47H79O14P/c1-3-5-6-7-8-9-10-11-12-16-19-22-25-28-31-34-40(49)58-36-39(37-59-62(56,57)61-47-45(54)43(52)42(51)44(53)46(47)55)60-41(50)35-32-29-26-23-20-17-14-13-15-18-21-24-27-30-33-38(48)4-2/h8-9,11-12,14-15,17-18,23-24,26-27,38-39,42-48,51-55H,3-7,10,13,16,19-22,25,28-37H2,1-2H3,(H,56,57). The maximum Gasteiger partial charge on any atom is 0.472 e. The van der Waals surface area contributed by atoms with Crippen molar-refractivity contribution in [3.63, 3.8) is 0 Å². The van der Waals surface area contributed by atoms with Gasteiger partial charge in [0.1, 0.15) is 43.2 Å². The van der Waals surface area contributed by atoms with E-state index < -0.39 is 75.7 Å². The van der Waals surface area contributed by atoms with Crippen LogP contribution in [0.15, 0.2) is 72.9 Å². The molecule has 7 N–H and O–H groups in total. The molecular weight excluding hydrogens is 819 g/mol. The molecule has 14 nitrogen and oxygen atoms in total. The second-order valence-electron chi connectivity index (χ2n) is 15.7. The van der Waals surface area contributed by atoms with E-state index in [1.54, 1.807) is 0 Å². The Labute approximate surface area is 370 Å². The first kappa shape index (κ1) is 57.3. The first-order valence-corrected chi connectivity index (χ1v) is 24.3. The van der Waals surface area contributed by atoms with Gasteiger partial charge in [-0.1, -0.05) is 119 Å². The predicted octanol–water partition coefficient (Wildman–Crippen LogP) is 7.69. The minimum atomic E-state index is -5.15. The second kappa shape index (κ2) is 36.6. The number of rotatable bonds is 36. The van der Waals surface area contributed by atoms with Crippen molar-refractivity contribution >= 4 is 19.8 Å². The maximum absolute atomic E-state index is 12.8. The molecule has 1 aliphatic rings. The van der Waals surface area contributed by atoms with Crippen molar-refractivity contribution in [1.82, 2.24) is 0 Å². The van der Waals surface area contributed by atoms with Crippen LogP contribution in [0, 0.1) is 0 Å². The van der Waals surface area contributed by atoms with E-state index >= 15 is 0 Å². The Kier molecular flexibility index (Phi) is 33.8. The summed E-state index contributed by atoms with van der Waals surface area (Å²) < 4.78 is 33.4. The summed E-state index contributed by atoms with van der Waals surface area (Å²) in [7, 11) is -5.15. The number of aliphatic hydroxyl groups is 6. The zero-order valence-electron chi connectivity index (χ0n) is 37.2. The zero-order chi connectivity index (χ0) is 45.9. The number of carbonyl (C=O) groups is 2. The van der Waals surface area contributed by atoms with Gasteiger partial charge in [-0.05, 0) is 89.9 Å². The molecule has 1 aliphatic carbocycles. The Morgan fingerprint density at radius 3 is 1.56 bits per heavy atom. The van der Waals surface area contributed by atoms with Gasteiger partial charge in [-0.3, -0.25) is 18.6 Å². The van der Waals surface area contributed by atoms with E-state index in [2.05, 4.69) is 61.6 Å². The first-order chi connectivity index (χ1) is 29.8. The molecule has 7 atom stereocenters. The van der Waals surface area contributed by atoms with Crippen LogP contribution in [0.5, 0.6) is 0 Å². The quantitative estimate of drug-likeness (QED) is 0.0138. The van der Waals surface area contributed by atoms with E-state index in [4.69, 9.17) is 18.5 Å². The van der Waals surface area contributed by atoms with Crippen molar-refractivity contribution in [2.24, 2.45) is 0 Å². The summed E-state index contributed by atoms with van der Waals surface area (Å²) in [5, 5.41) is 59.7. The molecule has 0 amide bonds. The van der Waals surface area contributed by atoms with Crippen molar-refractivity contribution in [2.75, 3.05) is 13.2 Å². The van der Waals surface area contributed by atoms with Crippen LogP contribution in [0.2, 0.25) is 0 Å². The number of phosphoric ester groups is 1. The number of unbranched alkanes of at least 4 members (excludes halogenated alkanes) is 9. The number of phosphoric acid groups is 1. The summed E-state index contributed by atoms with van der Waals surface area (Å²) in [6.07, 6.45) is 29.0. The average molecular weight is 899 g/mol. The van der Waals surface area contributed by atoms with E-state index in [1.807, 2.05) is 25.2 Å². The fourth-order valence-electron chi connectivity index (χ4n) is 6.29. The summed E-state index contributed by atoms with van der Waals surface area (Å²) >= 11 is 0. The highest BCUT2D eigenvalue weighted by Crippen LogP contribution is 2.47. The Morgan fingerprint density at radius 1 is 0.565 bits per heavy atom. The van der Waals surface area contributed by atoms with E-state index in [0.717, 1.165) is 83.5 Å². The van der Waals surface area contributed by atoms with Gasteiger partial charge in [-0.15, -0.1) is 0 Å². The van der Waals surface area contributed by atoms with Gasteiger partial charge in [0.15, 0.2) is 6.10 Å².